The predicted octanol–water partition coefficient (Wildman–Crippen LogP) is -0.306. The molecule has 0 radical (unpaired) electrons. The van der Waals surface area contributed by atoms with E-state index < -0.39 is 5.97 Å². The summed E-state index contributed by atoms with van der Waals surface area (Å²) in [5, 5.41) is 11.7. The lowest BCUT2D eigenvalue weighted by atomic mass is 10.4. The third-order valence-electron chi connectivity index (χ3n) is 0.881. The van der Waals surface area contributed by atoms with Gasteiger partial charge in [-0.3, -0.25) is 0 Å². The molecule has 4 heteroatoms. The standard InChI is InChI=1S/C5H5NO2S/c6-3-1-2-9-4(3)5(7)8/h1-2H,6H2,(H,7,8)/p-1. The van der Waals surface area contributed by atoms with Crippen LogP contribution in [-0.4, -0.2) is 5.97 Å². The Kier molecular flexibility index (Phi) is 1.40. The highest BCUT2D eigenvalue weighted by molar-refractivity contribution is 7.12. The van der Waals surface area contributed by atoms with Crippen LogP contribution in [0.5, 0.6) is 0 Å². The fraction of sp³-hybridized carbons (Fsp3) is 0. The molecule has 0 spiro atoms. The average molecular weight is 142 g/mol. The van der Waals surface area contributed by atoms with E-state index in [2.05, 4.69) is 0 Å². The highest BCUT2D eigenvalue weighted by Gasteiger charge is 1.98. The van der Waals surface area contributed by atoms with Crippen molar-refractivity contribution in [3.63, 3.8) is 0 Å². The number of carbonyl (C=O) groups is 1. The van der Waals surface area contributed by atoms with Crippen molar-refractivity contribution in [1.82, 2.24) is 0 Å². The van der Waals surface area contributed by atoms with E-state index in [1.54, 1.807) is 5.38 Å². The summed E-state index contributed by atoms with van der Waals surface area (Å²) >= 11 is 1.07. The number of carbonyl (C=O) groups excluding carboxylic acids is 1. The van der Waals surface area contributed by atoms with Crippen LogP contribution in [0, 0.1) is 0 Å². The molecule has 2 N–H and O–H groups in total. The normalized spacial score (nSPS) is 9.33. The van der Waals surface area contributed by atoms with E-state index in [-0.39, 0.29) is 10.6 Å². The van der Waals surface area contributed by atoms with Crippen LogP contribution in [0.4, 0.5) is 5.69 Å². The first kappa shape index (κ1) is 6.10. The second-order valence-electron chi connectivity index (χ2n) is 1.49. The molecule has 1 rings (SSSR count). The van der Waals surface area contributed by atoms with Crippen molar-refractivity contribution in [3.8, 4) is 0 Å². The molecule has 0 aliphatic carbocycles. The van der Waals surface area contributed by atoms with Gasteiger partial charge in [0.1, 0.15) is 0 Å². The number of anilines is 1. The third-order valence-corrected chi connectivity index (χ3v) is 1.79. The summed E-state index contributed by atoms with van der Waals surface area (Å²) in [6.07, 6.45) is 0. The maximum atomic E-state index is 10.1. The number of nitrogens with two attached hydrogens (primary N) is 1. The largest absolute Gasteiger partial charge is 0.544 e. The van der Waals surface area contributed by atoms with Crippen LogP contribution in [0.25, 0.3) is 0 Å². The second kappa shape index (κ2) is 2.06. The Morgan fingerprint density at radius 2 is 2.44 bits per heavy atom. The molecule has 0 bridgehead atoms. The van der Waals surface area contributed by atoms with Crippen LogP contribution in [0.1, 0.15) is 9.67 Å². The monoisotopic (exact) mass is 142 g/mol. The van der Waals surface area contributed by atoms with E-state index in [0.29, 0.717) is 0 Å². The van der Waals surface area contributed by atoms with Crippen LogP contribution in [0.2, 0.25) is 0 Å². The van der Waals surface area contributed by atoms with Gasteiger partial charge < -0.3 is 15.6 Å². The Labute approximate surface area is 55.7 Å². The molecule has 3 nitrogen and oxygen atoms in total. The van der Waals surface area contributed by atoms with E-state index in [0.717, 1.165) is 11.3 Å². The molecule has 0 fully saturated rings. The van der Waals surface area contributed by atoms with Crippen molar-refractivity contribution in [1.29, 1.82) is 0 Å². The number of aromatic carboxylic acids is 1. The number of nitrogen functional groups attached to an aromatic ring is 1. The number of hydrogen-bond donors (Lipinski definition) is 1. The summed E-state index contributed by atoms with van der Waals surface area (Å²) in [7, 11) is 0. The van der Waals surface area contributed by atoms with Gasteiger partial charge in [0.25, 0.3) is 0 Å². The van der Waals surface area contributed by atoms with Gasteiger partial charge in [0.05, 0.1) is 16.5 Å². The predicted molar refractivity (Wildman–Crippen MR) is 33.1 cm³/mol. The Hall–Kier alpha value is -1.03. The van der Waals surface area contributed by atoms with Gasteiger partial charge in [-0.05, 0) is 11.4 Å². The van der Waals surface area contributed by atoms with E-state index in [1.807, 2.05) is 0 Å². The molecule has 1 aromatic heterocycles. The Balaban J connectivity index is 3.08. The fourth-order valence-corrected chi connectivity index (χ4v) is 1.14. The number of thiophene rings is 1. The van der Waals surface area contributed by atoms with Gasteiger partial charge in [-0.25, -0.2) is 0 Å². The molecule has 0 atom stereocenters. The fourth-order valence-electron chi connectivity index (χ4n) is 0.485. The molecule has 0 aliphatic heterocycles. The smallest absolute Gasteiger partial charge is 0.0836 e. The molecular weight excluding hydrogens is 138 g/mol. The zero-order valence-electron chi connectivity index (χ0n) is 4.46. The molecule has 48 valence electrons. The van der Waals surface area contributed by atoms with Crippen LogP contribution >= 0.6 is 11.3 Å². The van der Waals surface area contributed by atoms with Gasteiger partial charge in [-0.15, -0.1) is 11.3 Å². The van der Waals surface area contributed by atoms with Gasteiger partial charge in [0.15, 0.2) is 0 Å². The van der Waals surface area contributed by atoms with Gasteiger partial charge in [-0.1, -0.05) is 0 Å². The first-order valence-corrected chi connectivity index (χ1v) is 3.14. The van der Waals surface area contributed by atoms with Gasteiger partial charge >= 0.3 is 0 Å². The SMILES string of the molecule is Nc1ccsc1C(=O)[O-]. The Bertz CT molecular complexity index is 231. The van der Waals surface area contributed by atoms with Crippen LogP contribution in [0.3, 0.4) is 0 Å². The molecule has 0 aromatic carbocycles. The first-order chi connectivity index (χ1) is 4.22. The molecule has 1 heterocycles. The average Bonchev–Trinajstić information content (AvgIpc) is 2.13. The maximum absolute atomic E-state index is 10.1. The second-order valence-corrected chi connectivity index (χ2v) is 2.41. The minimum absolute atomic E-state index is 0.106. The summed E-state index contributed by atoms with van der Waals surface area (Å²) in [5.41, 5.74) is 5.51. The third kappa shape index (κ3) is 1.02. The quantitative estimate of drug-likeness (QED) is 0.585. The van der Waals surface area contributed by atoms with Gasteiger partial charge in [-0.2, -0.15) is 0 Å². The molecule has 0 amide bonds. The zero-order valence-corrected chi connectivity index (χ0v) is 5.27. The molecule has 0 unspecified atom stereocenters. The molecular formula is C5H4NO2S-. The summed E-state index contributed by atoms with van der Waals surface area (Å²) in [4.78, 5) is 10.2. The summed E-state index contributed by atoms with van der Waals surface area (Å²) in [5.74, 6) is -1.21. The van der Waals surface area contributed by atoms with Gasteiger partial charge in [0, 0.05) is 0 Å². The molecule has 1 aromatic rings. The molecule has 0 saturated heterocycles. The number of hydrogen-bond acceptors (Lipinski definition) is 4. The highest BCUT2D eigenvalue weighted by Crippen LogP contribution is 2.16. The summed E-state index contributed by atoms with van der Waals surface area (Å²) in [6.45, 7) is 0. The lowest BCUT2D eigenvalue weighted by molar-refractivity contribution is -0.254. The summed E-state index contributed by atoms with van der Waals surface area (Å²) in [6, 6.07) is 1.54. The maximum Gasteiger partial charge on any atom is 0.0836 e. The molecule has 9 heavy (non-hydrogen) atoms. The van der Waals surface area contributed by atoms with E-state index >= 15 is 0 Å². The van der Waals surface area contributed by atoms with E-state index in [4.69, 9.17) is 5.73 Å². The van der Waals surface area contributed by atoms with Crippen LogP contribution in [-0.2, 0) is 0 Å². The van der Waals surface area contributed by atoms with Crippen LogP contribution < -0.4 is 10.8 Å². The Morgan fingerprint density at radius 1 is 1.78 bits per heavy atom. The van der Waals surface area contributed by atoms with Crippen molar-refractivity contribution < 1.29 is 9.90 Å². The van der Waals surface area contributed by atoms with E-state index in [9.17, 15) is 9.90 Å². The van der Waals surface area contributed by atoms with Crippen LogP contribution in [0.15, 0.2) is 11.4 Å². The highest BCUT2D eigenvalue weighted by atomic mass is 32.1. The van der Waals surface area contributed by atoms with Gasteiger partial charge in [0.2, 0.25) is 0 Å². The van der Waals surface area contributed by atoms with E-state index in [1.165, 1.54) is 6.07 Å². The van der Waals surface area contributed by atoms with Crippen molar-refractivity contribution in [2.75, 3.05) is 5.73 Å². The van der Waals surface area contributed by atoms with Crippen molar-refractivity contribution in [2.45, 2.75) is 0 Å². The lowest BCUT2D eigenvalue weighted by Gasteiger charge is -1.96. The minimum Gasteiger partial charge on any atom is -0.544 e. The molecule has 0 saturated carbocycles. The van der Waals surface area contributed by atoms with Crippen molar-refractivity contribution in [3.05, 3.63) is 16.3 Å². The number of carboxylic acids is 1. The topological polar surface area (TPSA) is 66.2 Å². The number of rotatable bonds is 1. The summed E-state index contributed by atoms with van der Waals surface area (Å²) < 4.78 is 0. The zero-order chi connectivity index (χ0) is 6.85. The number of carboxylic acid groups (broad SMARTS) is 1. The van der Waals surface area contributed by atoms with Crippen molar-refractivity contribution >= 4 is 23.0 Å². The lowest BCUT2D eigenvalue weighted by Crippen LogP contribution is -2.21. The van der Waals surface area contributed by atoms with Crippen molar-refractivity contribution in [2.24, 2.45) is 0 Å². The minimum atomic E-state index is -1.21. The molecule has 0 aliphatic rings. The first-order valence-electron chi connectivity index (χ1n) is 2.26. The Morgan fingerprint density at radius 3 is 2.67 bits per heavy atom.